The number of hydrogen-bond donors (Lipinski definition) is 1. The standard InChI is InChI=1S/C16H23N5/c1-5-21(6-2)16-19-15(11-17-20-16)18-14-10-8-7-9-13(14)12(3)4/h7-12H,5-6H2,1-4H3,(H,18,19,20). The van der Waals surface area contributed by atoms with Gasteiger partial charge in [0.15, 0.2) is 5.82 Å². The summed E-state index contributed by atoms with van der Waals surface area (Å²) in [5, 5.41) is 11.5. The van der Waals surface area contributed by atoms with Gasteiger partial charge in [-0.3, -0.25) is 0 Å². The summed E-state index contributed by atoms with van der Waals surface area (Å²) in [6.07, 6.45) is 1.66. The minimum Gasteiger partial charge on any atom is -0.340 e. The SMILES string of the molecule is CCN(CC)c1nncc(Nc2ccccc2C(C)C)n1. The molecule has 2 aromatic rings. The quantitative estimate of drug-likeness (QED) is 0.879. The average Bonchev–Trinajstić information content (AvgIpc) is 2.49. The number of benzene rings is 1. The first-order valence-electron chi connectivity index (χ1n) is 7.46. The Kier molecular flexibility index (Phi) is 5.09. The Bertz CT molecular complexity index is 578. The fourth-order valence-electron chi connectivity index (χ4n) is 2.25. The number of para-hydroxylation sites is 1. The molecule has 0 saturated heterocycles. The van der Waals surface area contributed by atoms with E-state index in [4.69, 9.17) is 0 Å². The molecule has 0 aliphatic heterocycles. The molecule has 0 saturated carbocycles. The van der Waals surface area contributed by atoms with Crippen molar-refractivity contribution in [2.24, 2.45) is 0 Å². The van der Waals surface area contributed by atoms with Crippen LogP contribution >= 0.6 is 0 Å². The van der Waals surface area contributed by atoms with E-state index in [1.54, 1.807) is 6.20 Å². The molecule has 21 heavy (non-hydrogen) atoms. The Morgan fingerprint density at radius 2 is 1.86 bits per heavy atom. The smallest absolute Gasteiger partial charge is 0.247 e. The molecular weight excluding hydrogens is 262 g/mol. The lowest BCUT2D eigenvalue weighted by atomic mass is 10.0. The number of nitrogens with zero attached hydrogens (tertiary/aromatic N) is 4. The van der Waals surface area contributed by atoms with Crippen molar-refractivity contribution in [2.75, 3.05) is 23.3 Å². The Morgan fingerprint density at radius 3 is 2.52 bits per heavy atom. The highest BCUT2D eigenvalue weighted by Crippen LogP contribution is 2.26. The summed E-state index contributed by atoms with van der Waals surface area (Å²) < 4.78 is 0. The van der Waals surface area contributed by atoms with Crippen molar-refractivity contribution in [3.63, 3.8) is 0 Å². The highest BCUT2D eigenvalue weighted by atomic mass is 15.3. The molecular formula is C16H23N5. The van der Waals surface area contributed by atoms with Gasteiger partial charge >= 0.3 is 0 Å². The van der Waals surface area contributed by atoms with Gasteiger partial charge in [0.25, 0.3) is 0 Å². The molecule has 0 aliphatic carbocycles. The molecule has 0 aliphatic rings. The first kappa shape index (κ1) is 15.2. The van der Waals surface area contributed by atoms with Crippen LogP contribution < -0.4 is 10.2 Å². The maximum absolute atomic E-state index is 4.55. The summed E-state index contributed by atoms with van der Waals surface area (Å²) in [6, 6.07) is 8.27. The monoisotopic (exact) mass is 285 g/mol. The predicted molar refractivity (Wildman–Crippen MR) is 87.2 cm³/mol. The molecule has 1 N–H and O–H groups in total. The second-order valence-corrected chi connectivity index (χ2v) is 5.18. The zero-order chi connectivity index (χ0) is 15.2. The highest BCUT2D eigenvalue weighted by Gasteiger charge is 2.09. The van der Waals surface area contributed by atoms with Gasteiger partial charge in [0, 0.05) is 18.8 Å². The molecule has 0 fully saturated rings. The largest absolute Gasteiger partial charge is 0.340 e. The average molecular weight is 285 g/mol. The molecule has 0 atom stereocenters. The second-order valence-electron chi connectivity index (χ2n) is 5.18. The number of aromatic nitrogens is 3. The number of rotatable bonds is 6. The van der Waals surface area contributed by atoms with Crippen LogP contribution in [0, 0.1) is 0 Å². The van der Waals surface area contributed by atoms with Crippen LogP contribution in [0.3, 0.4) is 0 Å². The molecule has 0 bridgehead atoms. The van der Waals surface area contributed by atoms with Gasteiger partial charge in [-0.05, 0) is 31.4 Å². The summed E-state index contributed by atoms with van der Waals surface area (Å²) in [5.41, 5.74) is 2.33. The molecule has 0 spiro atoms. The van der Waals surface area contributed by atoms with Crippen molar-refractivity contribution < 1.29 is 0 Å². The minimum absolute atomic E-state index is 0.450. The van der Waals surface area contributed by atoms with Crippen molar-refractivity contribution in [3.8, 4) is 0 Å². The lowest BCUT2D eigenvalue weighted by molar-refractivity contribution is 0.796. The molecule has 112 valence electrons. The molecule has 0 amide bonds. The first-order chi connectivity index (χ1) is 10.2. The maximum Gasteiger partial charge on any atom is 0.247 e. The van der Waals surface area contributed by atoms with Crippen molar-refractivity contribution in [1.82, 2.24) is 15.2 Å². The van der Waals surface area contributed by atoms with Crippen molar-refractivity contribution in [1.29, 1.82) is 0 Å². The number of nitrogens with one attached hydrogen (secondary N) is 1. The third-order valence-electron chi connectivity index (χ3n) is 3.44. The third-order valence-corrected chi connectivity index (χ3v) is 3.44. The Labute approximate surface area is 126 Å². The van der Waals surface area contributed by atoms with E-state index in [0.29, 0.717) is 11.9 Å². The summed E-state index contributed by atoms with van der Waals surface area (Å²) in [6.45, 7) is 10.3. The molecule has 0 unspecified atom stereocenters. The van der Waals surface area contributed by atoms with Gasteiger partial charge in [0.2, 0.25) is 5.95 Å². The van der Waals surface area contributed by atoms with Crippen LogP contribution in [0.5, 0.6) is 0 Å². The first-order valence-corrected chi connectivity index (χ1v) is 7.46. The Balaban J connectivity index is 2.26. The third kappa shape index (κ3) is 3.68. The van der Waals surface area contributed by atoms with E-state index in [9.17, 15) is 0 Å². The van der Waals surface area contributed by atoms with Crippen LogP contribution in [0.4, 0.5) is 17.5 Å². The van der Waals surface area contributed by atoms with Gasteiger partial charge in [-0.1, -0.05) is 32.0 Å². The van der Waals surface area contributed by atoms with Crippen LogP contribution in [0.15, 0.2) is 30.5 Å². The second kappa shape index (κ2) is 7.02. The van der Waals surface area contributed by atoms with Gasteiger partial charge in [-0.25, -0.2) is 0 Å². The van der Waals surface area contributed by atoms with E-state index in [1.807, 2.05) is 6.07 Å². The predicted octanol–water partition coefficient (Wildman–Crippen LogP) is 3.58. The Morgan fingerprint density at radius 1 is 1.14 bits per heavy atom. The zero-order valence-corrected chi connectivity index (χ0v) is 13.2. The normalized spacial score (nSPS) is 10.7. The molecule has 5 nitrogen and oxygen atoms in total. The van der Waals surface area contributed by atoms with Gasteiger partial charge < -0.3 is 10.2 Å². The summed E-state index contributed by atoms with van der Waals surface area (Å²) in [4.78, 5) is 6.63. The number of hydrogen-bond acceptors (Lipinski definition) is 5. The van der Waals surface area contributed by atoms with E-state index in [-0.39, 0.29) is 0 Å². The van der Waals surface area contributed by atoms with E-state index in [0.717, 1.165) is 24.6 Å². The van der Waals surface area contributed by atoms with Crippen LogP contribution in [-0.2, 0) is 0 Å². The molecule has 1 aromatic carbocycles. The summed E-state index contributed by atoms with van der Waals surface area (Å²) in [7, 11) is 0. The zero-order valence-electron chi connectivity index (χ0n) is 13.2. The molecule has 1 aromatic heterocycles. The van der Waals surface area contributed by atoms with E-state index in [2.05, 4.69) is 71.3 Å². The van der Waals surface area contributed by atoms with Crippen molar-refractivity contribution >= 4 is 17.5 Å². The molecule has 5 heteroatoms. The van der Waals surface area contributed by atoms with E-state index < -0.39 is 0 Å². The minimum atomic E-state index is 0.450. The Hall–Kier alpha value is -2.17. The van der Waals surface area contributed by atoms with Gasteiger partial charge in [-0.15, -0.1) is 5.10 Å². The van der Waals surface area contributed by atoms with Crippen LogP contribution in [0.25, 0.3) is 0 Å². The van der Waals surface area contributed by atoms with Crippen LogP contribution in [-0.4, -0.2) is 28.3 Å². The maximum atomic E-state index is 4.55. The topological polar surface area (TPSA) is 53.9 Å². The van der Waals surface area contributed by atoms with Crippen molar-refractivity contribution in [3.05, 3.63) is 36.0 Å². The lowest BCUT2D eigenvalue weighted by Crippen LogP contribution is -2.24. The highest BCUT2D eigenvalue weighted by molar-refractivity contribution is 5.61. The summed E-state index contributed by atoms with van der Waals surface area (Å²) >= 11 is 0. The fourth-order valence-corrected chi connectivity index (χ4v) is 2.25. The van der Waals surface area contributed by atoms with Gasteiger partial charge in [-0.2, -0.15) is 10.1 Å². The molecule has 0 radical (unpaired) electrons. The summed E-state index contributed by atoms with van der Waals surface area (Å²) in [5.74, 6) is 1.83. The number of anilines is 3. The van der Waals surface area contributed by atoms with Crippen LogP contribution in [0.1, 0.15) is 39.2 Å². The molecule has 1 heterocycles. The lowest BCUT2D eigenvalue weighted by Gasteiger charge is -2.19. The molecule has 2 rings (SSSR count). The van der Waals surface area contributed by atoms with E-state index in [1.165, 1.54) is 5.56 Å². The van der Waals surface area contributed by atoms with Gasteiger partial charge in [0.05, 0.1) is 6.20 Å². The fraction of sp³-hybridized carbons (Fsp3) is 0.438. The van der Waals surface area contributed by atoms with Crippen molar-refractivity contribution in [2.45, 2.75) is 33.6 Å². The van der Waals surface area contributed by atoms with E-state index >= 15 is 0 Å². The van der Waals surface area contributed by atoms with Gasteiger partial charge in [0.1, 0.15) is 0 Å². The van der Waals surface area contributed by atoms with Crippen LogP contribution in [0.2, 0.25) is 0 Å².